The lowest BCUT2D eigenvalue weighted by molar-refractivity contribution is -0.151. The van der Waals surface area contributed by atoms with Gasteiger partial charge in [0, 0.05) is 44.9 Å². The average Bonchev–Trinajstić information content (AvgIpc) is 2.72. The first-order valence-electron chi connectivity index (χ1n) is 10.2. The summed E-state index contributed by atoms with van der Waals surface area (Å²) in [6.45, 7) is 6.09. The molecule has 0 saturated carbocycles. The first-order chi connectivity index (χ1) is 13.6. The van der Waals surface area contributed by atoms with Crippen LogP contribution < -0.4 is 0 Å². The predicted molar refractivity (Wildman–Crippen MR) is 111 cm³/mol. The summed E-state index contributed by atoms with van der Waals surface area (Å²) in [4.78, 5) is 33.6. The first-order valence-corrected chi connectivity index (χ1v) is 10.2. The van der Waals surface area contributed by atoms with Gasteiger partial charge in [0.2, 0.25) is 11.8 Å². The molecule has 0 bridgehead atoms. The number of carbonyl (C=O) groups excluding carboxylic acids is 2. The number of aromatic nitrogens is 1. The van der Waals surface area contributed by atoms with E-state index in [9.17, 15) is 9.59 Å². The SMILES string of the molecule is CCCC(=O)N1CCN(CCC)C(=O)[C@@H]1Cc1cccc(-c2ccncc2)c1. The largest absolute Gasteiger partial charge is 0.339 e. The normalized spacial score (nSPS) is 17.1. The van der Waals surface area contributed by atoms with Crippen molar-refractivity contribution in [2.75, 3.05) is 19.6 Å². The monoisotopic (exact) mass is 379 g/mol. The Labute approximate surface area is 167 Å². The van der Waals surface area contributed by atoms with Gasteiger partial charge in [0.1, 0.15) is 6.04 Å². The number of hydrogen-bond acceptors (Lipinski definition) is 3. The zero-order valence-corrected chi connectivity index (χ0v) is 16.8. The molecule has 1 aliphatic rings. The number of benzene rings is 1. The van der Waals surface area contributed by atoms with Crippen molar-refractivity contribution in [3.63, 3.8) is 0 Å². The molecule has 0 aliphatic carbocycles. The van der Waals surface area contributed by atoms with Crippen LogP contribution in [0.25, 0.3) is 11.1 Å². The summed E-state index contributed by atoms with van der Waals surface area (Å²) >= 11 is 0. The van der Waals surface area contributed by atoms with Crippen LogP contribution in [0.4, 0.5) is 0 Å². The van der Waals surface area contributed by atoms with E-state index in [4.69, 9.17) is 0 Å². The first kappa shape index (κ1) is 20.1. The van der Waals surface area contributed by atoms with Gasteiger partial charge in [0.25, 0.3) is 0 Å². The van der Waals surface area contributed by atoms with E-state index in [0.717, 1.165) is 36.1 Å². The van der Waals surface area contributed by atoms with Crippen molar-refractivity contribution in [2.45, 2.75) is 45.6 Å². The lowest BCUT2D eigenvalue weighted by Crippen LogP contribution is -2.59. The van der Waals surface area contributed by atoms with Crippen LogP contribution in [-0.2, 0) is 16.0 Å². The minimum atomic E-state index is -0.410. The lowest BCUT2D eigenvalue weighted by atomic mass is 9.97. The van der Waals surface area contributed by atoms with Gasteiger partial charge in [-0.05, 0) is 41.7 Å². The van der Waals surface area contributed by atoms with Gasteiger partial charge in [0.05, 0.1) is 0 Å². The fourth-order valence-electron chi connectivity index (χ4n) is 3.83. The number of nitrogens with zero attached hydrogens (tertiary/aromatic N) is 3. The third-order valence-corrected chi connectivity index (χ3v) is 5.23. The highest BCUT2D eigenvalue weighted by Gasteiger charge is 2.36. The van der Waals surface area contributed by atoms with Crippen molar-refractivity contribution in [1.29, 1.82) is 0 Å². The number of hydrogen-bond donors (Lipinski definition) is 0. The van der Waals surface area contributed by atoms with E-state index in [1.54, 1.807) is 17.3 Å². The molecule has 148 valence electrons. The molecule has 1 aromatic heterocycles. The zero-order valence-electron chi connectivity index (χ0n) is 16.8. The van der Waals surface area contributed by atoms with E-state index in [0.29, 0.717) is 25.9 Å². The molecular formula is C23H29N3O2. The van der Waals surface area contributed by atoms with Crippen molar-refractivity contribution < 1.29 is 9.59 Å². The van der Waals surface area contributed by atoms with Gasteiger partial charge in [-0.3, -0.25) is 14.6 Å². The molecule has 0 unspecified atom stereocenters. The Morgan fingerprint density at radius 3 is 2.57 bits per heavy atom. The molecule has 0 spiro atoms. The molecule has 1 atom stereocenters. The zero-order chi connectivity index (χ0) is 19.9. The molecule has 1 fully saturated rings. The number of rotatable bonds is 7. The maximum absolute atomic E-state index is 13.1. The van der Waals surface area contributed by atoms with Crippen molar-refractivity contribution >= 4 is 11.8 Å². The summed E-state index contributed by atoms with van der Waals surface area (Å²) in [6, 6.07) is 11.8. The minimum absolute atomic E-state index is 0.0758. The second kappa shape index (κ2) is 9.49. The van der Waals surface area contributed by atoms with E-state index < -0.39 is 6.04 Å². The van der Waals surface area contributed by atoms with Crippen LogP contribution in [0, 0.1) is 0 Å². The van der Waals surface area contributed by atoms with E-state index >= 15 is 0 Å². The highest BCUT2D eigenvalue weighted by Crippen LogP contribution is 2.23. The Morgan fingerprint density at radius 1 is 1.07 bits per heavy atom. The summed E-state index contributed by atoms with van der Waals surface area (Å²) in [5, 5.41) is 0. The third kappa shape index (κ3) is 4.58. The number of piperazine rings is 1. The second-order valence-electron chi connectivity index (χ2n) is 7.32. The maximum Gasteiger partial charge on any atom is 0.245 e. The molecule has 1 saturated heterocycles. The summed E-state index contributed by atoms with van der Waals surface area (Å²) in [5.74, 6) is 0.161. The van der Waals surface area contributed by atoms with Crippen molar-refractivity contribution in [2.24, 2.45) is 0 Å². The van der Waals surface area contributed by atoms with E-state index in [1.165, 1.54) is 0 Å². The van der Waals surface area contributed by atoms with Crippen LogP contribution >= 0.6 is 0 Å². The average molecular weight is 380 g/mol. The van der Waals surface area contributed by atoms with Gasteiger partial charge in [-0.2, -0.15) is 0 Å². The van der Waals surface area contributed by atoms with Crippen LogP contribution in [0.3, 0.4) is 0 Å². The Balaban J connectivity index is 1.85. The topological polar surface area (TPSA) is 53.5 Å². The van der Waals surface area contributed by atoms with Crippen molar-refractivity contribution in [1.82, 2.24) is 14.8 Å². The highest BCUT2D eigenvalue weighted by atomic mass is 16.2. The van der Waals surface area contributed by atoms with Crippen LogP contribution in [0.15, 0.2) is 48.8 Å². The molecule has 2 heterocycles. The van der Waals surface area contributed by atoms with Crippen LogP contribution in [-0.4, -0.2) is 52.3 Å². The molecule has 2 amide bonds. The van der Waals surface area contributed by atoms with Gasteiger partial charge < -0.3 is 9.80 Å². The molecule has 0 radical (unpaired) electrons. The molecule has 3 rings (SSSR count). The maximum atomic E-state index is 13.1. The van der Waals surface area contributed by atoms with Crippen molar-refractivity contribution in [3.05, 3.63) is 54.4 Å². The molecular weight excluding hydrogens is 350 g/mol. The van der Waals surface area contributed by atoms with Crippen LogP contribution in [0.5, 0.6) is 0 Å². The highest BCUT2D eigenvalue weighted by molar-refractivity contribution is 5.89. The Kier molecular flexibility index (Phi) is 6.80. The molecule has 1 aliphatic heterocycles. The van der Waals surface area contributed by atoms with Gasteiger partial charge in [-0.25, -0.2) is 0 Å². The van der Waals surface area contributed by atoms with E-state index in [1.807, 2.05) is 36.1 Å². The number of amides is 2. The number of pyridine rings is 1. The van der Waals surface area contributed by atoms with Crippen LogP contribution in [0.1, 0.15) is 38.7 Å². The number of carbonyl (C=O) groups is 2. The minimum Gasteiger partial charge on any atom is -0.339 e. The van der Waals surface area contributed by atoms with E-state index in [-0.39, 0.29) is 11.8 Å². The van der Waals surface area contributed by atoms with Crippen molar-refractivity contribution in [3.8, 4) is 11.1 Å². The Hall–Kier alpha value is -2.69. The standard InChI is InChI=1S/C23H29N3O2/c1-3-6-22(27)26-15-14-25(13-4-2)23(28)21(26)17-18-7-5-8-20(16-18)19-9-11-24-12-10-19/h5,7-12,16,21H,3-4,6,13-15,17H2,1-2H3/t21-/m0/s1. The molecule has 5 heteroatoms. The smallest absolute Gasteiger partial charge is 0.245 e. The molecule has 28 heavy (non-hydrogen) atoms. The fraction of sp³-hybridized carbons (Fsp3) is 0.435. The summed E-state index contributed by atoms with van der Waals surface area (Å²) in [6.07, 6.45) is 6.33. The third-order valence-electron chi connectivity index (χ3n) is 5.23. The molecule has 5 nitrogen and oxygen atoms in total. The van der Waals surface area contributed by atoms with Gasteiger partial charge in [-0.1, -0.05) is 38.1 Å². The Morgan fingerprint density at radius 2 is 1.86 bits per heavy atom. The quantitative estimate of drug-likeness (QED) is 0.739. The fourth-order valence-corrected chi connectivity index (χ4v) is 3.83. The summed E-state index contributed by atoms with van der Waals surface area (Å²) < 4.78 is 0. The molecule has 1 aromatic carbocycles. The Bertz CT molecular complexity index is 807. The molecule has 2 aromatic rings. The van der Waals surface area contributed by atoms with Gasteiger partial charge in [0.15, 0.2) is 0 Å². The summed E-state index contributed by atoms with van der Waals surface area (Å²) in [5.41, 5.74) is 3.26. The van der Waals surface area contributed by atoms with Gasteiger partial charge >= 0.3 is 0 Å². The lowest BCUT2D eigenvalue weighted by Gasteiger charge is -2.41. The predicted octanol–water partition coefficient (Wildman–Crippen LogP) is 3.54. The van der Waals surface area contributed by atoms with E-state index in [2.05, 4.69) is 24.0 Å². The van der Waals surface area contributed by atoms with Gasteiger partial charge in [-0.15, -0.1) is 0 Å². The van der Waals surface area contributed by atoms with Crippen LogP contribution in [0.2, 0.25) is 0 Å². The molecule has 0 N–H and O–H groups in total. The second-order valence-corrected chi connectivity index (χ2v) is 7.32. The summed E-state index contributed by atoms with van der Waals surface area (Å²) in [7, 11) is 0.